The van der Waals surface area contributed by atoms with E-state index in [1.807, 2.05) is 47.5 Å². The predicted octanol–water partition coefficient (Wildman–Crippen LogP) is 4.90. The fourth-order valence-electron chi connectivity index (χ4n) is 4.58. The molecule has 6 heteroatoms. The first kappa shape index (κ1) is 19.2. The highest BCUT2D eigenvalue weighted by Gasteiger charge is 2.33. The van der Waals surface area contributed by atoms with Crippen molar-refractivity contribution in [3.05, 3.63) is 70.9 Å². The minimum absolute atomic E-state index is 0.0592. The lowest BCUT2D eigenvalue weighted by Gasteiger charge is -2.39. The van der Waals surface area contributed by atoms with E-state index >= 15 is 0 Å². The van der Waals surface area contributed by atoms with Crippen LogP contribution in [0.1, 0.15) is 35.3 Å². The second-order valence-corrected chi connectivity index (χ2v) is 8.32. The number of carbonyl (C=O) groups is 1. The maximum absolute atomic E-state index is 13.5. The van der Waals surface area contributed by atoms with Crippen molar-refractivity contribution >= 4 is 17.5 Å². The fourth-order valence-corrected chi connectivity index (χ4v) is 4.80. The van der Waals surface area contributed by atoms with Gasteiger partial charge in [-0.1, -0.05) is 30.2 Å². The Morgan fingerprint density at radius 1 is 0.900 bits per heavy atom. The molecule has 2 aliphatic rings. The SMILES string of the molecule is O=C1c2cc(-c3ccc(O)cc3)n(-c3ccccc3Cl)c2CCN1N1CCCCC1. The fraction of sp³-hybridized carbons (Fsp3) is 0.292. The van der Waals surface area contributed by atoms with Crippen LogP contribution < -0.4 is 0 Å². The van der Waals surface area contributed by atoms with Crippen LogP contribution in [0.15, 0.2) is 54.6 Å². The summed E-state index contributed by atoms with van der Waals surface area (Å²) in [5.74, 6) is 0.274. The number of halogens is 1. The van der Waals surface area contributed by atoms with Crippen molar-refractivity contribution in [2.24, 2.45) is 0 Å². The molecular formula is C24H24ClN3O2. The number of fused-ring (bicyclic) bond motifs is 1. The molecule has 0 bridgehead atoms. The molecule has 5 nitrogen and oxygen atoms in total. The average Bonchev–Trinajstić information content (AvgIpc) is 3.16. The maximum atomic E-state index is 13.5. The third kappa shape index (κ3) is 3.28. The van der Waals surface area contributed by atoms with Crippen molar-refractivity contribution in [1.82, 2.24) is 14.6 Å². The van der Waals surface area contributed by atoms with Gasteiger partial charge in [0.1, 0.15) is 5.75 Å². The molecular weight excluding hydrogens is 398 g/mol. The molecule has 3 heterocycles. The summed E-state index contributed by atoms with van der Waals surface area (Å²) in [5, 5.41) is 14.5. The first-order valence-corrected chi connectivity index (χ1v) is 10.9. The van der Waals surface area contributed by atoms with E-state index in [1.54, 1.807) is 12.1 Å². The van der Waals surface area contributed by atoms with Gasteiger partial charge in [0.05, 0.1) is 22.0 Å². The monoisotopic (exact) mass is 421 g/mol. The number of piperidine rings is 1. The van der Waals surface area contributed by atoms with E-state index in [-0.39, 0.29) is 11.7 Å². The van der Waals surface area contributed by atoms with Crippen molar-refractivity contribution in [1.29, 1.82) is 0 Å². The third-order valence-corrected chi connectivity index (χ3v) is 6.38. The average molecular weight is 422 g/mol. The Labute approximate surface area is 181 Å². The molecule has 0 radical (unpaired) electrons. The number of aromatic hydroxyl groups is 1. The highest BCUT2D eigenvalue weighted by atomic mass is 35.5. The quantitative estimate of drug-likeness (QED) is 0.654. The van der Waals surface area contributed by atoms with Crippen LogP contribution in [0.2, 0.25) is 5.02 Å². The van der Waals surface area contributed by atoms with Crippen LogP contribution in [0.4, 0.5) is 0 Å². The van der Waals surface area contributed by atoms with E-state index in [9.17, 15) is 9.90 Å². The molecule has 0 spiro atoms. The van der Waals surface area contributed by atoms with E-state index in [0.717, 1.165) is 60.6 Å². The number of rotatable bonds is 3. The number of carbonyl (C=O) groups excluding carboxylic acids is 1. The molecule has 1 fully saturated rings. The highest BCUT2D eigenvalue weighted by Crippen LogP contribution is 2.36. The zero-order valence-electron chi connectivity index (χ0n) is 16.7. The zero-order valence-corrected chi connectivity index (χ0v) is 17.5. The van der Waals surface area contributed by atoms with E-state index < -0.39 is 0 Å². The largest absolute Gasteiger partial charge is 0.508 e. The van der Waals surface area contributed by atoms with Crippen LogP contribution in [0.25, 0.3) is 16.9 Å². The summed E-state index contributed by atoms with van der Waals surface area (Å²) in [7, 11) is 0. The van der Waals surface area contributed by atoms with Crippen molar-refractivity contribution in [2.75, 3.05) is 19.6 Å². The van der Waals surface area contributed by atoms with Gasteiger partial charge in [0.2, 0.25) is 0 Å². The van der Waals surface area contributed by atoms with E-state index in [1.165, 1.54) is 6.42 Å². The van der Waals surface area contributed by atoms with Gasteiger partial charge in [-0.25, -0.2) is 5.01 Å². The molecule has 0 saturated carbocycles. The molecule has 0 aliphatic carbocycles. The lowest BCUT2D eigenvalue weighted by Crippen LogP contribution is -2.51. The van der Waals surface area contributed by atoms with Gasteiger partial charge in [0, 0.05) is 31.7 Å². The third-order valence-electron chi connectivity index (χ3n) is 6.06. The molecule has 1 saturated heterocycles. The lowest BCUT2D eigenvalue weighted by atomic mass is 10.1. The van der Waals surface area contributed by atoms with E-state index in [4.69, 9.17) is 11.6 Å². The Balaban J connectivity index is 1.64. The first-order chi connectivity index (χ1) is 14.6. The molecule has 154 valence electrons. The molecule has 2 aliphatic heterocycles. The topological polar surface area (TPSA) is 48.7 Å². The van der Waals surface area contributed by atoms with Gasteiger partial charge >= 0.3 is 0 Å². The van der Waals surface area contributed by atoms with Gasteiger partial charge in [-0.3, -0.25) is 9.80 Å². The van der Waals surface area contributed by atoms with Crippen LogP contribution in [0, 0.1) is 0 Å². The van der Waals surface area contributed by atoms with Crippen molar-refractivity contribution in [2.45, 2.75) is 25.7 Å². The molecule has 1 N–H and O–H groups in total. The Morgan fingerprint density at radius 2 is 1.63 bits per heavy atom. The number of hydrogen-bond acceptors (Lipinski definition) is 3. The molecule has 3 aromatic rings. The summed E-state index contributed by atoms with van der Waals surface area (Å²) in [6.45, 7) is 2.56. The maximum Gasteiger partial charge on any atom is 0.270 e. The number of amides is 1. The van der Waals surface area contributed by atoms with Gasteiger partial charge in [0.15, 0.2) is 0 Å². The van der Waals surface area contributed by atoms with Gasteiger partial charge in [-0.2, -0.15) is 0 Å². The summed E-state index contributed by atoms with van der Waals surface area (Å²) in [6.07, 6.45) is 4.27. The predicted molar refractivity (Wildman–Crippen MR) is 118 cm³/mol. The van der Waals surface area contributed by atoms with Crippen molar-refractivity contribution < 1.29 is 9.90 Å². The smallest absolute Gasteiger partial charge is 0.270 e. The number of hydrazine groups is 1. The van der Waals surface area contributed by atoms with E-state index in [0.29, 0.717) is 11.6 Å². The second-order valence-electron chi connectivity index (χ2n) is 7.92. The van der Waals surface area contributed by atoms with E-state index in [2.05, 4.69) is 9.58 Å². The number of phenolic OH excluding ortho intramolecular Hbond substituents is 1. The summed E-state index contributed by atoms with van der Waals surface area (Å²) < 4.78 is 2.11. The molecule has 1 amide bonds. The number of benzene rings is 2. The zero-order chi connectivity index (χ0) is 20.7. The summed E-state index contributed by atoms with van der Waals surface area (Å²) >= 11 is 6.57. The molecule has 0 atom stereocenters. The lowest BCUT2D eigenvalue weighted by molar-refractivity contribution is -0.0237. The van der Waals surface area contributed by atoms with Gasteiger partial charge in [-0.05, 0) is 60.9 Å². The van der Waals surface area contributed by atoms with Crippen LogP contribution in [0.5, 0.6) is 5.75 Å². The van der Waals surface area contributed by atoms with Crippen LogP contribution in [-0.4, -0.2) is 45.2 Å². The summed E-state index contributed by atoms with van der Waals surface area (Å²) in [6, 6.07) is 16.8. The van der Waals surface area contributed by atoms with Crippen molar-refractivity contribution in [3.8, 4) is 22.7 Å². The van der Waals surface area contributed by atoms with Crippen LogP contribution in [-0.2, 0) is 6.42 Å². The van der Waals surface area contributed by atoms with Gasteiger partial charge in [-0.15, -0.1) is 0 Å². The number of hydrogen-bond donors (Lipinski definition) is 1. The van der Waals surface area contributed by atoms with Crippen LogP contribution >= 0.6 is 11.6 Å². The Hall–Kier alpha value is -2.76. The highest BCUT2D eigenvalue weighted by molar-refractivity contribution is 6.32. The van der Waals surface area contributed by atoms with Gasteiger partial charge in [0.25, 0.3) is 5.91 Å². The van der Waals surface area contributed by atoms with Crippen molar-refractivity contribution in [3.63, 3.8) is 0 Å². The Morgan fingerprint density at radius 3 is 2.37 bits per heavy atom. The van der Waals surface area contributed by atoms with Gasteiger partial charge < -0.3 is 9.67 Å². The minimum Gasteiger partial charge on any atom is -0.508 e. The normalized spacial score (nSPS) is 17.2. The Kier molecular flexibility index (Phi) is 5.01. The summed E-state index contributed by atoms with van der Waals surface area (Å²) in [4.78, 5) is 13.5. The number of phenols is 1. The second kappa shape index (κ2) is 7.82. The Bertz CT molecular complexity index is 1080. The standard InChI is InChI=1S/C24H24ClN3O2/c25-20-6-2-3-7-22(20)28-21-12-15-27(26-13-4-1-5-14-26)24(30)19(21)16-23(28)17-8-10-18(29)11-9-17/h2-3,6-11,16,29H,1,4-5,12-15H2. The number of nitrogens with zero attached hydrogens (tertiary/aromatic N) is 3. The first-order valence-electron chi connectivity index (χ1n) is 10.5. The molecule has 5 rings (SSSR count). The number of para-hydroxylation sites is 1. The minimum atomic E-state index is 0.0592. The van der Waals surface area contributed by atoms with Crippen LogP contribution in [0.3, 0.4) is 0 Å². The summed E-state index contributed by atoms with van der Waals surface area (Å²) in [5.41, 5.74) is 4.42. The molecule has 2 aromatic carbocycles. The molecule has 1 aromatic heterocycles. The molecule has 30 heavy (non-hydrogen) atoms. The molecule has 0 unspecified atom stereocenters. The number of aromatic nitrogens is 1.